The lowest BCUT2D eigenvalue weighted by atomic mass is 9.95. The molecule has 3 heteroatoms. The van der Waals surface area contributed by atoms with Gasteiger partial charge in [0.25, 0.3) is 0 Å². The van der Waals surface area contributed by atoms with Crippen LogP contribution in [0.1, 0.15) is 35.9 Å². The van der Waals surface area contributed by atoms with E-state index in [4.69, 9.17) is 4.74 Å². The van der Waals surface area contributed by atoms with Gasteiger partial charge in [0.1, 0.15) is 6.10 Å². The number of hydrogen-bond acceptors (Lipinski definition) is 2. The Morgan fingerprint density at radius 1 is 1.33 bits per heavy atom. The Morgan fingerprint density at radius 2 is 2.17 bits per heavy atom. The van der Waals surface area contributed by atoms with Crippen molar-refractivity contribution in [2.24, 2.45) is 0 Å². The van der Waals surface area contributed by atoms with Crippen molar-refractivity contribution >= 4 is 0 Å². The molecule has 2 heterocycles. The first kappa shape index (κ1) is 6.66. The summed E-state index contributed by atoms with van der Waals surface area (Å²) < 4.78 is 5.24. The van der Waals surface area contributed by atoms with E-state index in [0.29, 0.717) is 6.10 Å². The number of nitrogens with one attached hydrogen (secondary N) is 1. The van der Waals surface area contributed by atoms with E-state index in [1.807, 2.05) is 0 Å². The maximum atomic E-state index is 5.24. The van der Waals surface area contributed by atoms with Crippen LogP contribution < -0.4 is 0 Å². The van der Waals surface area contributed by atoms with Crippen LogP contribution in [0.25, 0.3) is 0 Å². The molecule has 1 unspecified atom stereocenters. The van der Waals surface area contributed by atoms with Crippen molar-refractivity contribution in [3.05, 3.63) is 17.0 Å². The Kier molecular flexibility index (Phi) is 1.29. The van der Waals surface area contributed by atoms with Gasteiger partial charge in [-0.25, -0.2) is 0 Å². The Balaban J connectivity index is 2.03. The number of hydrogen-bond donors (Lipinski definition) is 1. The van der Waals surface area contributed by atoms with Gasteiger partial charge in [-0.1, -0.05) is 0 Å². The lowest BCUT2D eigenvalue weighted by molar-refractivity contribution is 0.409. The van der Waals surface area contributed by atoms with E-state index in [9.17, 15) is 0 Å². The normalized spacial score (nSPS) is 26.8. The maximum Gasteiger partial charge on any atom is 0.125 e. The third-order valence-electron chi connectivity index (χ3n) is 2.73. The largest absolute Gasteiger partial charge is 0.366 e. The van der Waals surface area contributed by atoms with Crippen molar-refractivity contribution in [1.82, 2.24) is 10.2 Å². The summed E-state index contributed by atoms with van der Waals surface area (Å²) in [5.41, 5.74) is 3.99. The van der Waals surface area contributed by atoms with E-state index in [2.05, 4.69) is 10.2 Å². The second kappa shape index (κ2) is 2.33. The van der Waals surface area contributed by atoms with Gasteiger partial charge < -0.3 is 4.74 Å². The third kappa shape index (κ3) is 0.894. The topological polar surface area (TPSA) is 41.2 Å². The maximum absolute atomic E-state index is 5.24. The Hall–Kier alpha value is -0.830. The van der Waals surface area contributed by atoms with Crippen molar-refractivity contribution in [1.29, 1.82) is 0 Å². The molecule has 1 aromatic rings. The fourth-order valence-electron chi connectivity index (χ4n) is 1.98. The minimum absolute atomic E-state index is 0.322. The number of rotatable bonds is 1. The number of aromatic nitrogens is 2. The molecule has 1 fully saturated rings. The molecule has 3 rings (SSSR count). The first-order valence-corrected chi connectivity index (χ1v) is 4.63. The highest BCUT2D eigenvalue weighted by Crippen LogP contribution is 2.34. The summed E-state index contributed by atoms with van der Waals surface area (Å²) in [5.74, 6) is 0. The molecular formula is C9H12N2O. The summed E-state index contributed by atoms with van der Waals surface area (Å²) in [5, 5.41) is 7.43. The van der Waals surface area contributed by atoms with Gasteiger partial charge in [0.15, 0.2) is 0 Å². The first-order valence-electron chi connectivity index (χ1n) is 4.63. The summed E-state index contributed by atoms with van der Waals surface area (Å²) in [7, 11) is 0. The van der Waals surface area contributed by atoms with E-state index in [1.54, 1.807) is 0 Å². The summed E-state index contributed by atoms with van der Waals surface area (Å²) in [4.78, 5) is 0. The van der Waals surface area contributed by atoms with E-state index >= 15 is 0 Å². The molecule has 0 saturated carbocycles. The first-order chi connectivity index (χ1) is 5.95. The molecule has 1 aliphatic carbocycles. The molecule has 1 saturated heterocycles. The van der Waals surface area contributed by atoms with Crippen molar-refractivity contribution in [2.75, 3.05) is 6.61 Å². The highest BCUT2D eigenvalue weighted by molar-refractivity contribution is 5.30. The van der Waals surface area contributed by atoms with Crippen LogP contribution in [0.15, 0.2) is 0 Å². The Labute approximate surface area is 71.1 Å². The molecule has 0 aromatic carbocycles. The minimum Gasteiger partial charge on any atom is -0.366 e. The smallest absolute Gasteiger partial charge is 0.125 e. The standard InChI is InChI=1S/C9H12N2O/c1-2-4-7-6(3-1)9(11-10-7)8-5-12-8/h8H,1-5H2,(H,10,11). The van der Waals surface area contributed by atoms with Crippen LogP contribution in [0.4, 0.5) is 0 Å². The lowest BCUT2D eigenvalue weighted by Crippen LogP contribution is -2.02. The number of H-pyrrole nitrogens is 1. The van der Waals surface area contributed by atoms with E-state index in [-0.39, 0.29) is 0 Å². The number of epoxide rings is 1. The molecule has 0 amide bonds. The molecule has 0 spiro atoms. The monoisotopic (exact) mass is 164 g/mol. The highest BCUT2D eigenvalue weighted by Gasteiger charge is 2.31. The van der Waals surface area contributed by atoms with Crippen LogP contribution in [-0.2, 0) is 17.6 Å². The summed E-state index contributed by atoms with van der Waals surface area (Å²) in [6.07, 6.45) is 5.31. The van der Waals surface area contributed by atoms with Crippen LogP contribution in [0.3, 0.4) is 0 Å². The average Bonchev–Trinajstić information content (AvgIpc) is 2.86. The average molecular weight is 164 g/mol. The SMILES string of the molecule is C1CCc2c(C3CO3)n[nH]c2C1. The van der Waals surface area contributed by atoms with Crippen molar-refractivity contribution < 1.29 is 4.74 Å². The lowest BCUT2D eigenvalue weighted by Gasteiger charge is -2.09. The fraction of sp³-hybridized carbons (Fsp3) is 0.667. The quantitative estimate of drug-likeness (QED) is 0.637. The number of aromatic amines is 1. The molecule has 0 bridgehead atoms. The Morgan fingerprint density at radius 3 is 3.00 bits per heavy atom. The van der Waals surface area contributed by atoms with E-state index in [1.165, 1.54) is 42.6 Å². The molecule has 64 valence electrons. The molecule has 1 aliphatic heterocycles. The van der Waals surface area contributed by atoms with Gasteiger partial charge >= 0.3 is 0 Å². The molecule has 1 atom stereocenters. The molecule has 0 radical (unpaired) electrons. The van der Waals surface area contributed by atoms with E-state index < -0.39 is 0 Å². The zero-order valence-corrected chi connectivity index (χ0v) is 6.97. The molecule has 12 heavy (non-hydrogen) atoms. The van der Waals surface area contributed by atoms with Gasteiger partial charge in [0, 0.05) is 5.69 Å². The number of ether oxygens (including phenoxy) is 1. The highest BCUT2D eigenvalue weighted by atomic mass is 16.6. The molecule has 3 nitrogen and oxygen atoms in total. The van der Waals surface area contributed by atoms with Gasteiger partial charge in [-0.3, -0.25) is 5.10 Å². The van der Waals surface area contributed by atoms with Crippen molar-refractivity contribution in [3.8, 4) is 0 Å². The zero-order valence-electron chi connectivity index (χ0n) is 6.97. The molecular weight excluding hydrogens is 152 g/mol. The third-order valence-corrected chi connectivity index (χ3v) is 2.73. The van der Waals surface area contributed by atoms with Gasteiger partial charge in [-0.05, 0) is 31.2 Å². The number of nitrogens with zero attached hydrogens (tertiary/aromatic N) is 1. The predicted octanol–water partition coefficient (Wildman–Crippen LogP) is 1.36. The molecule has 1 aromatic heterocycles. The van der Waals surface area contributed by atoms with Crippen LogP contribution in [0, 0.1) is 0 Å². The summed E-state index contributed by atoms with van der Waals surface area (Å²) in [6.45, 7) is 0.872. The second-order valence-electron chi connectivity index (χ2n) is 3.60. The Bertz CT molecular complexity index is 301. The number of aryl methyl sites for hydroxylation is 1. The number of fused-ring (bicyclic) bond motifs is 1. The van der Waals surface area contributed by atoms with Crippen molar-refractivity contribution in [3.63, 3.8) is 0 Å². The van der Waals surface area contributed by atoms with Gasteiger partial charge in [-0.2, -0.15) is 5.10 Å². The van der Waals surface area contributed by atoms with Crippen molar-refractivity contribution in [2.45, 2.75) is 31.8 Å². The summed E-state index contributed by atoms with van der Waals surface area (Å²) in [6, 6.07) is 0. The zero-order chi connectivity index (χ0) is 7.97. The molecule has 1 N–H and O–H groups in total. The fourth-order valence-corrected chi connectivity index (χ4v) is 1.98. The van der Waals surface area contributed by atoms with Gasteiger partial charge in [0.2, 0.25) is 0 Å². The summed E-state index contributed by atoms with van der Waals surface area (Å²) >= 11 is 0. The van der Waals surface area contributed by atoms with Gasteiger partial charge in [-0.15, -0.1) is 0 Å². The van der Waals surface area contributed by atoms with Crippen LogP contribution in [-0.4, -0.2) is 16.8 Å². The van der Waals surface area contributed by atoms with Crippen LogP contribution in [0.2, 0.25) is 0 Å². The predicted molar refractivity (Wildman–Crippen MR) is 43.9 cm³/mol. The van der Waals surface area contributed by atoms with Crippen LogP contribution >= 0.6 is 0 Å². The van der Waals surface area contributed by atoms with Crippen LogP contribution in [0.5, 0.6) is 0 Å². The second-order valence-corrected chi connectivity index (χ2v) is 3.60. The minimum atomic E-state index is 0.322. The molecule has 2 aliphatic rings. The van der Waals surface area contributed by atoms with E-state index in [0.717, 1.165) is 6.61 Å². The van der Waals surface area contributed by atoms with Gasteiger partial charge in [0.05, 0.1) is 12.3 Å².